The van der Waals surface area contributed by atoms with E-state index >= 15 is 0 Å². The maximum Gasteiger partial charge on any atom is 0.329 e. The van der Waals surface area contributed by atoms with Crippen LogP contribution < -0.4 is 20.2 Å². The molecule has 0 aliphatic heterocycles. The van der Waals surface area contributed by atoms with Crippen molar-refractivity contribution in [1.29, 1.82) is 0 Å². The van der Waals surface area contributed by atoms with Crippen LogP contribution in [0.15, 0.2) is 70.2 Å². The summed E-state index contributed by atoms with van der Waals surface area (Å²) in [7, 11) is 0. The maximum absolute atomic E-state index is 12.9. The van der Waals surface area contributed by atoms with Crippen molar-refractivity contribution in [2.45, 2.75) is 13.5 Å². The van der Waals surface area contributed by atoms with Gasteiger partial charge in [0.05, 0.1) is 17.3 Å². The summed E-state index contributed by atoms with van der Waals surface area (Å²) in [4.78, 5) is 23.9. The van der Waals surface area contributed by atoms with Gasteiger partial charge in [-0.3, -0.25) is 9.59 Å². The lowest BCUT2D eigenvalue weighted by atomic mass is 10.2. The number of rotatable bonds is 8. The number of hydrazone groups is 1. The molecular formula is C24H20BrClFN3O4. The molecule has 3 rings (SSSR count). The lowest BCUT2D eigenvalue weighted by Crippen LogP contribution is -2.32. The monoisotopic (exact) mass is 547 g/mol. The summed E-state index contributed by atoms with van der Waals surface area (Å²) in [5.74, 6) is -1.38. The van der Waals surface area contributed by atoms with Crippen LogP contribution >= 0.6 is 27.5 Å². The predicted molar refractivity (Wildman–Crippen MR) is 132 cm³/mol. The van der Waals surface area contributed by atoms with Crippen LogP contribution in [-0.2, 0) is 16.2 Å². The van der Waals surface area contributed by atoms with E-state index in [2.05, 4.69) is 31.8 Å². The molecule has 0 unspecified atom stereocenters. The summed E-state index contributed by atoms with van der Waals surface area (Å²) in [6.45, 7) is 2.56. The van der Waals surface area contributed by atoms with Gasteiger partial charge in [0.2, 0.25) is 0 Å². The molecule has 0 radical (unpaired) electrons. The molecule has 3 aromatic carbocycles. The molecule has 2 amide bonds. The number of nitrogens with one attached hydrogen (secondary N) is 2. The minimum absolute atomic E-state index is 0.282. The Hall–Kier alpha value is -3.43. The van der Waals surface area contributed by atoms with Gasteiger partial charge in [-0.2, -0.15) is 5.10 Å². The molecule has 0 bridgehead atoms. The SMILES string of the molecule is CCOc1cc(C=NNC(=O)C(=O)Nc2ccc(F)cc2)cc(Br)c1OCc1ccc(Cl)cc1. The van der Waals surface area contributed by atoms with Gasteiger partial charge in [0, 0.05) is 10.7 Å². The van der Waals surface area contributed by atoms with Crippen molar-refractivity contribution >= 4 is 51.2 Å². The molecule has 176 valence electrons. The average molecular weight is 549 g/mol. The molecular weight excluding hydrogens is 529 g/mol. The van der Waals surface area contributed by atoms with Crippen LogP contribution in [0.4, 0.5) is 10.1 Å². The molecule has 34 heavy (non-hydrogen) atoms. The van der Waals surface area contributed by atoms with Crippen molar-refractivity contribution in [3.63, 3.8) is 0 Å². The fourth-order valence-corrected chi connectivity index (χ4v) is 3.44. The third-order valence-electron chi connectivity index (χ3n) is 4.32. The highest BCUT2D eigenvalue weighted by Crippen LogP contribution is 2.37. The second-order valence-corrected chi connectivity index (χ2v) is 8.13. The van der Waals surface area contributed by atoms with Crippen molar-refractivity contribution in [3.05, 3.63) is 87.1 Å². The van der Waals surface area contributed by atoms with Crippen molar-refractivity contribution in [2.75, 3.05) is 11.9 Å². The van der Waals surface area contributed by atoms with Crippen molar-refractivity contribution < 1.29 is 23.5 Å². The summed E-state index contributed by atoms with van der Waals surface area (Å²) in [5.41, 5.74) is 3.96. The number of ether oxygens (including phenoxy) is 2. The molecule has 0 aromatic heterocycles. The van der Waals surface area contributed by atoms with Crippen LogP contribution in [0.25, 0.3) is 0 Å². The Kier molecular flexibility index (Phi) is 9.00. The number of nitrogens with zero attached hydrogens (tertiary/aromatic N) is 1. The first-order chi connectivity index (χ1) is 16.4. The lowest BCUT2D eigenvalue weighted by molar-refractivity contribution is -0.136. The van der Waals surface area contributed by atoms with Crippen molar-refractivity contribution in [2.24, 2.45) is 5.10 Å². The Morgan fingerprint density at radius 2 is 1.76 bits per heavy atom. The molecule has 0 fully saturated rings. The summed E-state index contributed by atoms with van der Waals surface area (Å²) < 4.78 is 25.2. The van der Waals surface area contributed by atoms with E-state index in [9.17, 15) is 14.0 Å². The minimum Gasteiger partial charge on any atom is -0.490 e. The Labute approximate surface area is 209 Å². The van der Waals surface area contributed by atoms with Gasteiger partial charge < -0.3 is 14.8 Å². The third kappa shape index (κ3) is 7.29. The first kappa shape index (κ1) is 25.2. The first-order valence-corrected chi connectivity index (χ1v) is 11.3. The van der Waals surface area contributed by atoms with Crippen LogP contribution in [0.1, 0.15) is 18.1 Å². The van der Waals surface area contributed by atoms with Crippen LogP contribution in [-0.4, -0.2) is 24.6 Å². The van der Waals surface area contributed by atoms with Gasteiger partial charge in [0.15, 0.2) is 11.5 Å². The summed E-state index contributed by atoms with van der Waals surface area (Å²) in [6.07, 6.45) is 1.36. The normalized spacial score (nSPS) is 10.7. The number of carbonyl (C=O) groups excluding carboxylic acids is 2. The minimum atomic E-state index is -0.979. The van der Waals surface area contributed by atoms with E-state index in [0.717, 1.165) is 5.56 Å². The number of anilines is 1. The van der Waals surface area contributed by atoms with Crippen molar-refractivity contribution in [1.82, 2.24) is 5.43 Å². The van der Waals surface area contributed by atoms with Crippen LogP contribution in [0.3, 0.4) is 0 Å². The number of benzene rings is 3. The standard InChI is InChI=1S/C24H20BrClFN3O4/c1-2-33-21-12-16(11-20(25)22(21)34-14-15-3-5-17(26)6-4-15)13-28-30-24(32)23(31)29-19-9-7-18(27)8-10-19/h3-13H,2,14H2,1H3,(H,29,31)(H,30,32). The number of carbonyl (C=O) groups is 2. The third-order valence-corrected chi connectivity index (χ3v) is 5.16. The van der Waals surface area contributed by atoms with E-state index in [1.54, 1.807) is 24.3 Å². The Morgan fingerprint density at radius 3 is 2.44 bits per heavy atom. The highest BCUT2D eigenvalue weighted by molar-refractivity contribution is 9.10. The van der Waals surface area contributed by atoms with Crippen LogP contribution in [0.5, 0.6) is 11.5 Å². The Morgan fingerprint density at radius 1 is 1.06 bits per heavy atom. The van der Waals surface area contributed by atoms with E-state index in [1.807, 2.05) is 19.1 Å². The van der Waals surface area contributed by atoms with E-state index in [1.165, 1.54) is 30.5 Å². The fraction of sp³-hybridized carbons (Fsp3) is 0.125. The van der Waals surface area contributed by atoms with Gasteiger partial charge in [-0.05, 0) is 82.5 Å². The molecule has 10 heteroatoms. The van der Waals surface area contributed by atoms with E-state index in [0.29, 0.717) is 39.8 Å². The average Bonchev–Trinajstić information content (AvgIpc) is 2.81. The first-order valence-electron chi connectivity index (χ1n) is 10.1. The second-order valence-electron chi connectivity index (χ2n) is 6.84. The molecule has 0 heterocycles. The largest absolute Gasteiger partial charge is 0.490 e. The van der Waals surface area contributed by atoms with Crippen LogP contribution in [0, 0.1) is 5.82 Å². The van der Waals surface area contributed by atoms with Gasteiger partial charge >= 0.3 is 11.8 Å². The lowest BCUT2D eigenvalue weighted by Gasteiger charge is -2.14. The highest BCUT2D eigenvalue weighted by atomic mass is 79.9. The summed E-state index contributed by atoms with van der Waals surface area (Å²) in [6, 6.07) is 15.7. The Bertz CT molecular complexity index is 1190. The Balaban J connectivity index is 1.64. The zero-order valence-corrected chi connectivity index (χ0v) is 20.3. The second kappa shape index (κ2) is 12.2. The molecule has 0 saturated carbocycles. The molecule has 3 aromatic rings. The molecule has 0 atom stereocenters. The quantitative estimate of drug-likeness (QED) is 0.227. The van der Waals surface area contributed by atoms with Crippen LogP contribution in [0.2, 0.25) is 5.02 Å². The molecule has 0 aliphatic carbocycles. The molecule has 0 spiro atoms. The number of hydrogen-bond donors (Lipinski definition) is 2. The summed E-state index contributed by atoms with van der Waals surface area (Å²) >= 11 is 9.39. The van der Waals surface area contributed by atoms with Gasteiger partial charge in [0.25, 0.3) is 0 Å². The molecule has 7 nitrogen and oxygen atoms in total. The van der Waals surface area contributed by atoms with Crippen molar-refractivity contribution in [3.8, 4) is 11.5 Å². The van der Waals surface area contributed by atoms with Gasteiger partial charge in [0.1, 0.15) is 12.4 Å². The fourth-order valence-electron chi connectivity index (χ4n) is 2.74. The predicted octanol–water partition coefficient (Wildman–Crippen LogP) is 5.31. The topological polar surface area (TPSA) is 89.0 Å². The van der Waals surface area contributed by atoms with Gasteiger partial charge in [-0.15, -0.1) is 0 Å². The van der Waals surface area contributed by atoms with E-state index in [-0.39, 0.29) is 5.69 Å². The summed E-state index contributed by atoms with van der Waals surface area (Å²) in [5, 5.41) is 6.81. The smallest absolute Gasteiger partial charge is 0.329 e. The van der Waals surface area contributed by atoms with Gasteiger partial charge in [-0.25, -0.2) is 9.82 Å². The number of halogens is 3. The number of amides is 2. The maximum atomic E-state index is 12.9. The van der Waals surface area contributed by atoms with E-state index in [4.69, 9.17) is 21.1 Å². The highest BCUT2D eigenvalue weighted by Gasteiger charge is 2.14. The molecule has 0 saturated heterocycles. The van der Waals surface area contributed by atoms with Gasteiger partial charge in [-0.1, -0.05) is 23.7 Å². The zero-order chi connectivity index (χ0) is 24.5. The van der Waals surface area contributed by atoms with E-state index < -0.39 is 17.6 Å². The zero-order valence-electron chi connectivity index (χ0n) is 18.0. The molecule has 2 N–H and O–H groups in total. The molecule has 0 aliphatic rings. The number of hydrogen-bond acceptors (Lipinski definition) is 5.